The van der Waals surface area contributed by atoms with Gasteiger partial charge in [-0.15, -0.1) is 0 Å². The molecule has 0 saturated carbocycles. The average molecular weight is 897 g/mol. The first kappa shape index (κ1) is 61.4. The first-order valence-electron chi connectivity index (χ1n) is 27.6. The molecule has 0 N–H and O–H groups in total. The van der Waals surface area contributed by atoms with Gasteiger partial charge in [-0.1, -0.05) is 243 Å². The van der Waals surface area contributed by atoms with Crippen molar-refractivity contribution >= 4 is 17.9 Å². The Bertz CT molecular complexity index is 1120. The lowest BCUT2D eigenvalue weighted by Crippen LogP contribution is -2.30. The van der Waals surface area contributed by atoms with E-state index in [0.29, 0.717) is 19.3 Å². The molecule has 0 aromatic rings. The van der Waals surface area contributed by atoms with Gasteiger partial charge in [0, 0.05) is 19.3 Å². The Kier molecular flexibility index (Phi) is 50.8. The van der Waals surface area contributed by atoms with E-state index in [9.17, 15) is 14.4 Å². The Morgan fingerprint density at radius 2 is 0.625 bits per heavy atom. The van der Waals surface area contributed by atoms with Crippen molar-refractivity contribution in [3.63, 3.8) is 0 Å². The molecule has 6 nitrogen and oxygen atoms in total. The summed E-state index contributed by atoms with van der Waals surface area (Å²) in [5.74, 6) is -0.886. The topological polar surface area (TPSA) is 78.9 Å². The summed E-state index contributed by atoms with van der Waals surface area (Å²) in [4.78, 5) is 38.0. The first-order chi connectivity index (χ1) is 31.5. The van der Waals surface area contributed by atoms with E-state index in [1.807, 2.05) is 0 Å². The molecular weight excluding hydrogens is 793 g/mol. The van der Waals surface area contributed by atoms with Crippen molar-refractivity contribution < 1.29 is 28.6 Å². The Morgan fingerprint density at radius 1 is 0.328 bits per heavy atom. The molecule has 0 aliphatic heterocycles. The van der Waals surface area contributed by atoms with Gasteiger partial charge in [0.05, 0.1) is 0 Å². The van der Waals surface area contributed by atoms with E-state index >= 15 is 0 Å². The van der Waals surface area contributed by atoms with Gasteiger partial charge in [0.15, 0.2) is 6.10 Å². The van der Waals surface area contributed by atoms with Crippen molar-refractivity contribution in [3.05, 3.63) is 48.6 Å². The number of hydrogen-bond acceptors (Lipinski definition) is 6. The molecule has 372 valence electrons. The van der Waals surface area contributed by atoms with Crippen LogP contribution < -0.4 is 0 Å². The van der Waals surface area contributed by atoms with Crippen molar-refractivity contribution in [2.45, 2.75) is 290 Å². The van der Waals surface area contributed by atoms with Gasteiger partial charge in [-0.2, -0.15) is 0 Å². The van der Waals surface area contributed by atoms with Crippen LogP contribution in [0.15, 0.2) is 48.6 Å². The molecule has 1 unspecified atom stereocenters. The number of hydrogen-bond donors (Lipinski definition) is 0. The van der Waals surface area contributed by atoms with E-state index in [0.717, 1.165) is 89.9 Å². The van der Waals surface area contributed by atoms with Crippen LogP contribution in [0.1, 0.15) is 284 Å². The van der Waals surface area contributed by atoms with E-state index in [1.54, 1.807) is 0 Å². The molecule has 64 heavy (non-hydrogen) atoms. The molecule has 0 saturated heterocycles. The van der Waals surface area contributed by atoms with Crippen LogP contribution in [-0.4, -0.2) is 37.2 Å². The van der Waals surface area contributed by atoms with Gasteiger partial charge < -0.3 is 14.2 Å². The van der Waals surface area contributed by atoms with Crippen molar-refractivity contribution in [2.24, 2.45) is 0 Å². The van der Waals surface area contributed by atoms with Crippen LogP contribution in [0.5, 0.6) is 0 Å². The smallest absolute Gasteiger partial charge is 0.306 e. The molecule has 0 rings (SSSR count). The van der Waals surface area contributed by atoms with Gasteiger partial charge in [0.25, 0.3) is 0 Å². The minimum Gasteiger partial charge on any atom is -0.462 e. The molecule has 6 heteroatoms. The zero-order valence-corrected chi connectivity index (χ0v) is 42.6. The quantitative estimate of drug-likeness (QED) is 0.0262. The average Bonchev–Trinajstić information content (AvgIpc) is 3.29. The molecular formula is C58H104O6. The number of carbonyl (C=O) groups excluding carboxylic acids is 3. The van der Waals surface area contributed by atoms with Gasteiger partial charge in [-0.25, -0.2) is 0 Å². The van der Waals surface area contributed by atoms with Crippen LogP contribution in [-0.2, 0) is 28.6 Å². The zero-order chi connectivity index (χ0) is 46.5. The highest BCUT2D eigenvalue weighted by molar-refractivity contribution is 5.71. The second-order valence-corrected chi connectivity index (χ2v) is 18.5. The summed E-state index contributed by atoms with van der Waals surface area (Å²) in [6.07, 6.45) is 63.9. The lowest BCUT2D eigenvalue weighted by molar-refractivity contribution is -0.167. The normalized spacial score (nSPS) is 12.4. The zero-order valence-electron chi connectivity index (χ0n) is 42.6. The van der Waals surface area contributed by atoms with Gasteiger partial charge in [0.1, 0.15) is 13.2 Å². The summed E-state index contributed by atoms with van der Waals surface area (Å²) >= 11 is 0. The second kappa shape index (κ2) is 53.0. The van der Waals surface area contributed by atoms with Gasteiger partial charge >= 0.3 is 17.9 Å². The highest BCUT2D eigenvalue weighted by atomic mass is 16.6. The maximum absolute atomic E-state index is 12.8. The number of unbranched alkanes of at least 4 members (excludes halogenated alkanes) is 31. The molecule has 0 aliphatic rings. The van der Waals surface area contributed by atoms with Crippen LogP contribution >= 0.6 is 0 Å². The van der Waals surface area contributed by atoms with Crippen molar-refractivity contribution in [1.29, 1.82) is 0 Å². The number of ether oxygens (including phenoxy) is 3. The minimum absolute atomic E-state index is 0.0771. The van der Waals surface area contributed by atoms with E-state index in [2.05, 4.69) is 69.4 Å². The number of rotatable bonds is 50. The van der Waals surface area contributed by atoms with Crippen LogP contribution in [0, 0.1) is 0 Å². The molecule has 0 amide bonds. The Balaban J connectivity index is 4.32. The van der Waals surface area contributed by atoms with Crippen LogP contribution in [0.25, 0.3) is 0 Å². The SMILES string of the molecule is CC/C=C\C/C=C\C/C=C\CCCCCCCCCC(=O)OC(COC(=O)CCCCCCC/C=C\CCCC)COC(=O)CCCCCCCCCCCCCCCCCCCC. The summed E-state index contributed by atoms with van der Waals surface area (Å²) in [5, 5.41) is 0. The molecule has 0 heterocycles. The first-order valence-corrected chi connectivity index (χ1v) is 27.6. The maximum Gasteiger partial charge on any atom is 0.306 e. The Morgan fingerprint density at radius 3 is 1.02 bits per heavy atom. The molecule has 0 fully saturated rings. The fourth-order valence-corrected chi connectivity index (χ4v) is 7.91. The fourth-order valence-electron chi connectivity index (χ4n) is 7.91. The summed E-state index contributed by atoms with van der Waals surface area (Å²) < 4.78 is 16.8. The molecule has 0 aliphatic carbocycles. The number of esters is 3. The molecule has 0 spiro atoms. The Hall–Kier alpha value is -2.63. The molecule has 1 atom stereocenters. The Labute approximate surface area is 397 Å². The van der Waals surface area contributed by atoms with E-state index in [4.69, 9.17) is 14.2 Å². The fraction of sp³-hybridized carbons (Fsp3) is 0.810. The predicted molar refractivity (Wildman–Crippen MR) is 275 cm³/mol. The van der Waals surface area contributed by atoms with Crippen molar-refractivity contribution in [1.82, 2.24) is 0 Å². The molecule has 0 aromatic heterocycles. The number of carbonyl (C=O) groups is 3. The summed E-state index contributed by atoms with van der Waals surface area (Å²) in [5.41, 5.74) is 0. The standard InChI is InChI=1S/C58H104O6/c1-4-7-10-13-16-19-22-24-26-28-30-31-33-36-39-42-45-48-51-57(60)63-54-55(53-62-56(59)50-47-44-41-38-35-21-18-15-12-9-6-3)64-58(61)52-49-46-43-40-37-34-32-29-27-25-23-20-17-14-11-8-5-2/h8,11,15,17-18,20,25,27,55H,4-7,9-10,12-14,16,19,21-24,26,28-54H2,1-3H3/b11-8-,18-15-,20-17-,27-25-. The highest BCUT2D eigenvalue weighted by Gasteiger charge is 2.19. The van der Waals surface area contributed by atoms with Gasteiger partial charge in [0.2, 0.25) is 0 Å². The molecule has 0 radical (unpaired) electrons. The summed E-state index contributed by atoms with van der Waals surface area (Å²) in [7, 11) is 0. The monoisotopic (exact) mass is 897 g/mol. The largest absolute Gasteiger partial charge is 0.462 e. The van der Waals surface area contributed by atoms with E-state index in [1.165, 1.54) is 154 Å². The lowest BCUT2D eigenvalue weighted by atomic mass is 10.0. The van der Waals surface area contributed by atoms with Crippen molar-refractivity contribution in [2.75, 3.05) is 13.2 Å². The summed E-state index contributed by atoms with van der Waals surface area (Å²) in [6.45, 7) is 6.50. The van der Waals surface area contributed by atoms with Crippen LogP contribution in [0.3, 0.4) is 0 Å². The third-order valence-corrected chi connectivity index (χ3v) is 12.1. The maximum atomic E-state index is 12.8. The second-order valence-electron chi connectivity index (χ2n) is 18.5. The third-order valence-electron chi connectivity index (χ3n) is 12.1. The van der Waals surface area contributed by atoms with E-state index in [-0.39, 0.29) is 31.1 Å². The third kappa shape index (κ3) is 50.4. The molecule has 0 aromatic carbocycles. The van der Waals surface area contributed by atoms with Gasteiger partial charge in [-0.05, 0) is 70.6 Å². The lowest BCUT2D eigenvalue weighted by Gasteiger charge is -2.18. The molecule has 0 bridgehead atoms. The van der Waals surface area contributed by atoms with E-state index < -0.39 is 6.10 Å². The highest BCUT2D eigenvalue weighted by Crippen LogP contribution is 2.16. The number of allylic oxidation sites excluding steroid dienone is 8. The predicted octanol–water partition coefficient (Wildman–Crippen LogP) is 18.3. The van der Waals surface area contributed by atoms with Crippen LogP contribution in [0.4, 0.5) is 0 Å². The van der Waals surface area contributed by atoms with Crippen LogP contribution in [0.2, 0.25) is 0 Å². The van der Waals surface area contributed by atoms with Crippen molar-refractivity contribution in [3.8, 4) is 0 Å². The minimum atomic E-state index is -0.779. The summed E-state index contributed by atoms with van der Waals surface area (Å²) in [6, 6.07) is 0. The van der Waals surface area contributed by atoms with Gasteiger partial charge in [-0.3, -0.25) is 14.4 Å².